The van der Waals surface area contributed by atoms with Crippen LogP contribution in [0.2, 0.25) is 0 Å². The van der Waals surface area contributed by atoms with Crippen molar-refractivity contribution in [2.45, 2.75) is 33.4 Å². The number of carbonyl (C=O) groups is 1. The second kappa shape index (κ2) is 8.61. The number of amides is 1. The summed E-state index contributed by atoms with van der Waals surface area (Å²) in [6.07, 6.45) is 0. The monoisotopic (exact) mass is 378 g/mol. The number of hydrogen-bond donors (Lipinski definition) is 1. The van der Waals surface area contributed by atoms with E-state index in [2.05, 4.69) is 15.3 Å². The van der Waals surface area contributed by atoms with Gasteiger partial charge in [-0.15, -0.1) is 0 Å². The molecule has 2 aromatic carbocycles. The topological polar surface area (TPSA) is 58.1 Å². The standard InChI is InChI=1S/C22H23FN4O/c1-15(2)27(14-17-9-5-4-6-10-17)21(28)20-13-16(3)24-22(26-20)25-19-12-8-7-11-18(19)23/h4-13,15H,14H2,1-3H3,(H,24,25,26). The second-order valence-corrected chi connectivity index (χ2v) is 6.84. The van der Waals surface area contributed by atoms with E-state index >= 15 is 0 Å². The fraction of sp³-hybridized carbons (Fsp3) is 0.227. The quantitative estimate of drug-likeness (QED) is 0.674. The zero-order valence-electron chi connectivity index (χ0n) is 16.2. The van der Waals surface area contributed by atoms with Gasteiger partial charge in [-0.1, -0.05) is 42.5 Å². The summed E-state index contributed by atoms with van der Waals surface area (Å²) in [4.78, 5) is 23.5. The van der Waals surface area contributed by atoms with Crippen molar-refractivity contribution in [2.24, 2.45) is 0 Å². The van der Waals surface area contributed by atoms with Crippen molar-refractivity contribution in [1.82, 2.24) is 14.9 Å². The molecular formula is C22H23FN4O. The SMILES string of the molecule is Cc1cc(C(=O)N(Cc2ccccc2)C(C)C)nc(Nc2ccccc2F)n1. The van der Waals surface area contributed by atoms with Crippen molar-refractivity contribution < 1.29 is 9.18 Å². The van der Waals surface area contributed by atoms with Crippen LogP contribution < -0.4 is 5.32 Å². The highest BCUT2D eigenvalue weighted by atomic mass is 19.1. The van der Waals surface area contributed by atoms with Gasteiger partial charge in [0, 0.05) is 18.3 Å². The number of aryl methyl sites for hydroxylation is 1. The number of halogens is 1. The molecule has 0 saturated carbocycles. The molecule has 0 aliphatic carbocycles. The number of anilines is 2. The van der Waals surface area contributed by atoms with Crippen LogP contribution in [0.25, 0.3) is 0 Å². The van der Waals surface area contributed by atoms with E-state index in [4.69, 9.17) is 0 Å². The van der Waals surface area contributed by atoms with Gasteiger partial charge in [-0.05, 0) is 44.5 Å². The van der Waals surface area contributed by atoms with E-state index < -0.39 is 5.82 Å². The van der Waals surface area contributed by atoms with Gasteiger partial charge in [-0.3, -0.25) is 4.79 Å². The van der Waals surface area contributed by atoms with E-state index in [0.717, 1.165) is 5.56 Å². The van der Waals surface area contributed by atoms with Crippen LogP contribution in [-0.4, -0.2) is 26.8 Å². The number of benzene rings is 2. The first-order valence-electron chi connectivity index (χ1n) is 9.16. The Hall–Kier alpha value is -3.28. The molecule has 0 bridgehead atoms. The second-order valence-electron chi connectivity index (χ2n) is 6.84. The van der Waals surface area contributed by atoms with Crippen molar-refractivity contribution in [1.29, 1.82) is 0 Å². The number of hydrogen-bond acceptors (Lipinski definition) is 4. The zero-order valence-corrected chi connectivity index (χ0v) is 16.2. The van der Waals surface area contributed by atoms with Gasteiger partial charge in [-0.25, -0.2) is 14.4 Å². The molecule has 0 spiro atoms. The summed E-state index contributed by atoms with van der Waals surface area (Å²) in [5.74, 6) is -0.411. The third-order valence-corrected chi connectivity index (χ3v) is 4.27. The van der Waals surface area contributed by atoms with E-state index in [1.165, 1.54) is 6.07 Å². The van der Waals surface area contributed by atoms with Gasteiger partial charge in [0.25, 0.3) is 5.91 Å². The van der Waals surface area contributed by atoms with Gasteiger partial charge >= 0.3 is 0 Å². The van der Waals surface area contributed by atoms with E-state index in [-0.39, 0.29) is 29.3 Å². The molecule has 0 saturated heterocycles. The maximum Gasteiger partial charge on any atom is 0.273 e. The van der Waals surface area contributed by atoms with Crippen LogP contribution in [0.1, 0.15) is 35.6 Å². The van der Waals surface area contributed by atoms with E-state index in [1.54, 1.807) is 36.1 Å². The third kappa shape index (κ3) is 4.71. The van der Waals surface area contributed by atoms with Gasteiger partial charge < -0.3 is 10.2 Å². The molecule has 0 aliphatic rings. The summed E-state index contributed by atoms with van der Waals surface area (Å²) >= 11 is 0. The first kappa shape index (κ1) is 19.5. The van der Waals surface area contributed by atoms with Gasteiger partial charge in [0.1, 0.15) is 11.5 Å². The van der Waals surface area contributed by atoms with Crippen LogP contribution in [0.15, 0.2) is 60.7 Å². The minimum Gasteiger partial charge on any atom is -0.331 e. The number of aromatic nitrogens is 2. The molecule has 5 nitrogen and oxygen atoms in total. The largest absolute Gasteiger partial charge is 0.331 e. The van der Waals surface area contributed by atoms with Crippen molar-refractivity contribution in [3.8, 4) is 0 Å². The number of rotatable bonds is 6. The molecule has 6 heteroatoms. The predicted octanol–water partition coefficient (Wildman–Crippen LogP) is 4.72. The Labute approximate surface area is 164 Å². The normalized spacial score (nSPS) is 10.8. The lowest BCUT2D eigenvalue weighted by Crippen LogP contribution is -2.37. The molecule has 0 atom stereocenters. The number of nitrogens with one attached hydrogen (secondary N) is 1. The average molecular weight is 378 g/mol. The van der Waals surface area contributed by atoms with Gasteiger partial charge in [-0.2, -0.15) is 0 Å². The molecule has 0 radical (unpaired) electrons. The molecule has 1 amide bonds. The first-order valence-corrected chi connectivity index (χ1v) is 9.16. The fourth-order valence-electron chi connectivity index (χ4n) is 2.83. The van der Waals surface area contributed by atoms with Gasteiger partial charge in [0.15, 0.2) is 0 Å². The highest BCUT2D eigenvalue weighted by molar-refractivity contribution is 5.93. The Morgan fingerprint density at radius 2 is 1.75 bits per heavy atom. The Bertz CT molecular complexity index is 960. The van der Waals surface area contributed by atoms with Crippen molar-refractivity contribution in [2.75, 3.05) is 5.32 Å². The highest BCUT2D eigenvalue weighted by Gasteiger charge is 2.21. The minimum absolute atomic E-state index is 0.00838. The summed E-state index contributed by atoms with van der Waals surface area (Å²) in [6, 6.07) is 17.7. The molecule has 144 valence electrons. The van der Waals surface area contributed by atoms with Crippen molar-refractivity contribution in [3.63, 3.8) is 0 Å². The summed E-state index contributed by atoms with van der Waals surface area (Å²) < 4.78 is 13.9. The maximum atomic E-state index is 13.9. The Kier molecular flexibility index (Phi) is 5.99. The van der Waals surface area contributed by atoms with Gasteiger partial charge in [0.05, 0.1) is 5.69 Å². The lowest BCUT2D eigenvalue weighted by molar-refractivity contribution is 0.0684. The average Bonchev–Trinajstić information content (AvgIpc) is 2.67. The van der Waals surface area contributed by atoms with Crippen LogP contribution >= 0.6 is 0 Å². The van der Waals surface area contributed by atoms with Crippen molar-refractivity contribution >= 4 is 17.5 Å². The number of para-hydroxylation sites is 1. The van der Waals surface area contributed by atoms with Crippen LogP contribution in [-0.2, 0) is 6.54 Å². The Balaban J connectivity index is 1.87. The fourth-order valence-corrected chi connectivity index (χ4v) is 2.83. The first-order chi connectivity index (χ1) is 13.4. The molecule has 1 aromatic heterocycles. The molecule has 0 fully saturated rings. The summed E-state index contributed by atoms with van der Waals surface area (Å²) in [5, 5.41) is 2.86. The van der Waals surface area contributed by atoms with Crippen LogP contribution in [0.5, 0.6) is 0 Å². The third-order valence-electron chi connectivity index (χ3n) is 4.27. The number of nitrogens with zero attached hydrogens (tertiary/aromatic N) is 3. The van der Waals surface area contributed by atoms with Gasteiger partial charge in [0.2, 0.25) is 5.95 Å². The molecular weight excluding hydrogens is 355 g/mol. The van der Waals surface area contributed by atoms with E-state index in [9.17, 15) is 9.18 Å². The van der Waals surface area contributed by atoms with Crippen LogP contribution in [0, 0.1) is 12.7 Å². The summed E-state index contributed by atoms with van der Waals surface area (Å²) in [6.45, 7) is 6.19. The minimum atomic E-state index is -0.409. The molecule has 1 N–H and O–H groups in total. The molecule has 0 unspecified atom stereocenters. The van der Waals surface area contributed by atoms with Crippen molar-refractivity contribution in [3.05, 3.63) is 83.4 Å². The van der Waals surface area contributed by atoms with E-state index in [0.29, 0.717) is 12.2 Å². The van der Waals surface area contributed by atoms with E-state index in [1.807, 2.05) is 44.2 Å². The summed E-state index contributed by atoms with van der Waals surface area (Å²) in [7, 11) is 0. The maximum absolute atomic E-state index is 13.9. The smallest absolute Gasteiger partial charge is 0.273 e. The summed E-state index contributed by atoms with van der Waals surface area (Å²) in [5.41, 5.74) is 2.20. The lowest BCUT2D eigenvalue weighted by atomic mass is 10.1. The Morgan fingerprint density at radius 3 is 2.43 bits per heavy atom. The molecule has 3 aromatic rings. The lowest BCUT2D eigenvalue weighted by Gasteiger charge is -2.26. The molecule has 3 rings (SSSR count). The highest BCUT2D eigenvalue weighted by Crippen LogP contribution is 2.19. The molecule has 0 aliphatic heterocycles. The zero-order chi connectivity index (χ0) is 20.1. The molecule has 1 heterocycles. The van der Waals surface area contributed by atoms with Crippen LogP contribution in [0.3, 0.4) is 0 Å². The van der Waals surface area contributed by atoms with Crippen LogP contribution in [0.4, 0.5) is 16.0 Å². The number of carbonyl (C=O) groups excluding carboxylic acids is 1. The predicted molar refractivity (Wildman–Crippen MR) is 108 cm³/mol. The Morgan fingerprint density at radius 1 is 1.07 bits per heavy atom. The molecule has 28 heavy (non-hydrogen) atoms.